The van der Waals surface area contributed by atoms with Crippen LogP contribution in [0.15, 0.2) is 79.3 Å². The number of aromatic amines is 1. The van der Waals surface area contributed by atoms with Crippen LogP contribution in [0.5, 0.6) is 0 Å². The number of hydrogen-bond donors (Lipinski definition) is 7. The first-order chi connectivity index (χ1) is 35.1. The Morgan fingerprint density at radius 2 is 1.59 bits per heavy atom. The number of imide groups is 1. The van der Waals surface area contributed by atoms with Gasteiger partial charge in [0.05, 0.1) is 17.1 Å². The molecule has 0 spiro atoms. The van der Waals surface area contributed by atoms with E-state index in [9.17, 15) is 33.6 Å². The van der Waals surface area contributed by atoms with Crippen LogP contribution in [-0.2, 0) is 40.7 Å². The number of anilines is 1. The Bertz CT molecular complexity index is 2850. The second-order valence-electron chi connectivity index (χ2n) is 19.7. The number of amides is 8. The lowest BCUT2D eigenvalue weighted by Crippen LogP contribution is -2.58. The smallest absolute Gasteiger partial charge is 0.407 e. The average Bonchev–Trinajstić information content (AvgIpc) is 4.13. The number of imidazole rings is 1. The maximum atomic E-state index is 13.7. The molecule has 8 amide bonds. The number of nitrogens with two attached hydrogens (primary N) is 1. The standard InChI is InChI=1S/C52H63N13O8/c1-32(2)43(60-40(66)12-5-4-6-28-64-41(67)19-20-42(64)68)47(70)59-38(11-8-27-54-49(53)71)46(69)58-36-16-13-34(14-17-36)30-73-50(72)63-52-24-21-51(22-25-52,23-26-52)48-61-44(35-15-18-39-55-31-56-65(39)29-35)45(62-48)37-10-7-9-33(3)57-37/h7,9-10,13-20,29,31-32,38,43H,4-6,8,11-12,21-28,30H2,1-3H3,(H,58,69)(H,59,70)(H,60,66)(H,61,62)(H,63,72)(H3,53,54,71)/t38?,43-,51?,52?/m0/s1. The van der Waals surface area contributed by atoms with Crippen molar-refractivity contribution in [3.8, 4) is 22.6 Å². The molecule has 21 nitrogen and oxygen atoms in total. The van der Waals surface area contributed by atoms with Crippen LogP contribution in [-0.4, -0.2) is 107 Å². The van der Waals surface area contributed by atoms with Crippen LogP contribution in [0.25, 0.3) is 28.3 Å². The molecule has 21 heteroatoms. The molecule has 0 saturated heterocycles. The molecule has 4 aromatic heterocycles. The van der Waals surface area contributed by atoms with Gasteiger partial charge < -0.3 is 42.0 Å². The fourth-order valence-corrected chi connectivity index (χ4v) is 9.91. The van der Waals surface area contributed by atoms with Crippen LogP contribution in [0.1, 0.15) is 108 Å². The van der Waals surface area contributed by atoms with Crippen molar-refractivity contribution in [3.05, 3.63) is 96.4 Å². The maximum absolute atomic E-state index is 13.7. The number of fused-ring (bicyclic) bond motifs is 4. The van der Waals surface area contributed by atoms with E-state index in [1.165, 1.54) is 18.5 Å². The fourth-order valence-electron chi connectivity index (χ4n) is 9.91. The molecule has 5 aromatic rings. The van der Waals surface area contributed by atoms with Gasteiger partial charge in [0.25, 0.3) is 11.8 Å². The number of urea groups is 1. The Labute approximate surface area is 422 Å². The molecule has 1 unspecified atom stereocenters. The number of rotatable bonds is 22. The number of pyridine rings is 2. The van der Waals surface area contributed by atoms with Crippen molar-refractivity contribution in [3.63, 3.8) is 0 Å². The van der Waals surface area contributed by atoms with E-state index in [1.54, 1.807) is 42.6 Å². The van der Waals surface area contributed by atoms with Crippen molar-refractivity contribution in [1.29, 1.82) is 0 Å². The quantitative estimate of drug-likeness (QED) is 0.0345. The number of hydrogen-bond acceptors (Lipinski definition) is 12. The Hall–Kier alpha value is -7.97. The van der Waals surface area contributed by atoms with Gasteiger partial charge in [-0.3, -0.25) is 33.9 Å². The van der Waals surface area contributed by atoms with E-state index in [0.717, 1.165) is 83.2 Å². The molecular formula is C52H63N13O8. The number of nitrogens with one attached hydrogen (secondary N) is 6. The van der Waals surface area contributed by atoms with Gasteiger partial charge in [-0.2, -0.15) is 5.10 Å². The number of nitrogens with zero attached hydrogens (tertiary/aromatic N) is 6. The molecule has 8 N–H and O–H groups in total. The third-order valence-electron chi connectivity index (χ3n) is 14.2. The fraction of sp³-hybridized carbons (Fsp3) is 0.442. The molecule has 1 aromatic carbocycles. The third-order valence-corrected chi connectivity index (χ3v) is 14.2. The van der Waals surface area contributed by atoms with Crippen LogP contribution >= 0.6 is 0 Å². The normalized spacial score (nSPS) is 18.9. The summed E-state index contributed by atoms with van der Waals surface area (Å²) in [5, 5.41) is 18.4. The monoisotopic (exact) mass is 997 g/mol. The Kier molecular flexibility index (Phi) is 15.9. The van der Waals surface area contributed by atoms with E-state index in [1.807, 2.05) is 43.5 Å². The largest absolute Gasteiger partial charge is 0.445 e. The van der Waals surface area contributed by atoms with Gasteiger partial charge in [0.2, 0.25) is 17.7 Å². The zero-order chi connectivity index (χ0) is 51.7. The second kappa shape index (κ2) is 22.6. The van der Waals surface area contributed by atoms with Gasteiger partial charge >= 0.3 is 12.1 Å². The van der Waals surface area contributed by atoms with E-state index in [4.69, 9.17) is 20.4 Å². The Morgan fingerprint density at radius 3 is 2.29 bits per heavy atom. The lowest BCUT2D eigenvalue weighted by atomic mass is 9.57. The summed E-state index contributed by atoms with van der Waals surface area (Å²) < 4.78 is 7.46. The average molecular weight is 998 g/mol. The molecule has 2 bridgehead atoms. The molecule has 3 saturated carbocycles. The summed E-state index contributed by atoms with van der Waals surface area (Å²) in [6.45, 7) is 5.95. The number of carbonyl (C=O) groups is 7. The predicted octanol–water partition coefficient (Wildman–Crippen LogP) is 5.26. The van der Waals surface area contributed by atoms with E-state index in [-0.39, 0.29) is 61.6 Å². The second-order valence-corrected chi connectivity index (χ2v) is 19.7. The number of aromatic nitrogens is 6. The van der Waals surface area contributed by atoms with Gasteiger partial charge in [-0.15, -0.1) is 0 Å². The zero-order valence-corrected chi connectivity index (χ0v) is 41.4. The molecule has 5 heterocycles. The van der Waals surface area contributed by atoms with Gasteiger partial charge in [0.1, 0.15) is 30.8 Å². The number of unbranched alkanes of at least 4 members (excludes halogenated alkanes) is 2. The number of H-pyrrole nitrogens is 1. The lowest BCUT2D eigenvalue weighted by molar-refractivity contribution is -0.137. The highest BCUT2D eigenvalue weighted by Crippen LogP contribution is 2.53. The van der Waals surface area contributed by atoms with Crippen molar-refractivity contribution >= 4 is 53.0 Å². The summed E-state index contributed by atoms with van der Waals surface area (Å²) in [7, 11) is 0. The summed E-state index contributed by atoms with van der Waals surface area (Å²) in [6, 6.07) is 14.0. The van der Waals surface area contributed by atoms with E-state index >= 15 is 0 Å². The number of alkyl carbamates (subject to hydrolysis) is 1. The van der Waals surface area contributed by atoms with Crippen LogP contribution in [0.4, 0.5) is 15.3 Å². The highest BCUT2D eigenvalue weighted by Gasteiger charge is 2.52. The first kappa shape index (κ1) is 51.4. The molecule has 3 aliphatic carbocycles. The number of benzene rings is 1. The molecule has 9 rings (SSSR count). The molecule has 384 valence electrons. The first-order valence-corrected chi connectivity index (χ1v) is 24.9. The summed E-state index contributed by atoms with van der Waals surface area (Å²) in [5.41, 5.74) is 10.8. The molecule has 0 radical (unpaired) electrons. The Morgan fingerprint density at radius 1 is 0.849 bits per heavy atom. The maximum Gasteiger partial charge on any atom is 0.407 e. The Balaban J connectivity index is 0.820. The lowest BCUT2D eigenvalue weighted by Gasteiger charge is -2.52. The van der Waals surface area contributed by atoms with Crippen LogP contribution in [0, 0.1) is 12.8 Å². The molecule has 4 aliphatic rings. The SMILES string of the molecule is Cc1cccc(-c2[nH]c(C34CCC(NC(=O)OCc5ccc(NC(=O)C(CCCNC(N)=O)NC(=O)[C@@H](NC(=O)CCCCCN6C(=O)C=CC6=O)C(C)C)cc5)(CC3)CC4)nc2-c2ccc3ncnn3c2)n1. The van der Waals surface area contributed by atoms with Gasteiger partial charge in [-0.25, -0.2) is 24.1 Å². The van der Waals surface area contributed by atoms with E-state index in [0.29, 0.717) is 36.9 Å². The van der Waals surface area contributed by atoms with E-state index in [2.05, 4.69) is 41.7 Å². The number of primary amides is 1. The third kappa shape index (κ3) is 12.6. The van der Waals surface area contributed by atoms with Crippen molar-refractivity contribution in [2.24, 2.45) is 11.7 Å². The summed E-state index contributed by atoms with van der Waals surface area (Å²) in [5.74, 6) is -1.52. The van der Waals surface area contributed by atoms with Crippen LogP contribution < -0.4 is 32.3 Å². The molecule has 73 heavy (non-hydrogen) atoms. The van der Waals surface area contributed by atoms with Gasteiger partial charge in [-0.1, -0.05) is 38.5 Å². The minimum Gasteiger partial charge on any atom is -0.445 e. The summed E-state index contributed by atoms with van der Waals surface area (Å²) >= 11 is 0. The van der Waals surface area contributed by atoms with Gasteiger partial charge in [0, 0.05) is 65.8 Å². The van der Waals surface area contributed by atoms with Crippen LogP contribution in [0.3, 0.4) is 0 Å². The molecule has 3 fully saturated rings. The van der Waals surface area contributed by atoms with Crippen molar-refractivity contribution in [1.82, 2.24) is 55.7 Å². The number of ether oxygens (including phenoxy) is 1. The number of carbonyl (C=O) groups excluding carboxylic acids is 7. The summed E-state index contributed by atoms with van der Waals surface area (Å²) in [6.07, 6.45) is 12.4. The molecule has 1 aliphatic heterocycles. The van der Waals surface area contributed by atoms with E-state index < -0.39 is 41.6 Å². The van der Waals surface area contributed by atoms with Crippen molar-refractivity contribution in [2.75, 3.05) is 18.4 Å². The number of aryl methyl sites for hydroxylation is 1. The van der Waals surface area contributed by atoms with Crippen molar-refractivity contribution in [2.45, 2.75) is 127 Å². The van der Waals surface area contributed by atoms with Crippen molar-refractivity contribution < 1.29 is 38.3 Å². The highest BCUT2D eigenvalue weighted by molar-refractivity contribution is 6.12. The topological polar surface area (TPSA) is 290 Å². The molecular weight excluding hydrogens is 935 g/mol. The summed E-state index contributed by atoms with van der Waals surface area (Å²) in [4.78, 5) is 108. The zero-order valence-electron chi connectivity index (χ0n) is 41.4. The highest BCUT2D eigenvalue weighted by atomic mass is 16.5. The molecule has 2 atom stereocenters. The minimum absolute atomic E-state index is 0.00238. The van der Waals surface area contributed by atoms with Gasteiger partial charge in [-0.05, 0) is 119 Å². The van der Waals surface area contributed by atoms with Gasteiger partial charge in [0.15, 0.2) is 5.65 Å². The first-order valence-electron chi connectivity index (χ1n) is 24.9. The minimum atomic E-state index is -1.03. The van der Waals surface area contributed by atoms with Crippen LogP contribution in [0.2, 0.25) is 0 Å². The predicted molar refractivity (Wildman–Crippen MR) is 269 cm³/mol.